The predicted octanol–water partition coefficient (Wildman–Crippen LogP) is -0.132. The van der Waals surface area contributed by atoms with Gasteiger partial charge in [0.05, 0.1) is 6.26 Å². The van der Waals surface area contributed by atoms with E-state index in [0.717, 1.165) is 25.8 Å². The Labute approximate surface area is 116 Å². The molecular formula is C12H25N3O3S. The summed E-state index contributed by atoms with van der Waals surface area (Å²) in [5.74, 6) is -0.0521. The van der Waals surface area contributed by atoms with Crippen molar-refractivity contribution in [1.82, 2.24) is 14.5 Å². The van der Waals surface area contributed by atoms with Gasteiger partial charge in [0.15, 0.2) is 0 Å². The maximum Gasteiger partial charge on any atom is 0.221 e. The number of carbonyl (C=O) groups excluding carboxylic acids is 1. The highest BCUT2D eigenvalue weighted by atomic mass is 32.2. The van der Waals surface area contributed by atoms with E-state index < -0.39 is 10.0 Å². The van der Waals surface area contributed by atoms with Crippen LogP contribution in [0, 0.1) is 0 Å². The van der Waals surface area contributed by atoms with Gasteiger partial charge < -0.3 is 10.2 Å². The number of hydrogen-bond donors (Lipinski definition) is 1. The lowest BCUT2D eigenvalue weighted by molar-refractivity contribution is -0.121. The third kappa shape index (κ3) is 7.49. The van der Waals surface area contributed by atoms with Crippen molar-refractivity contribution in [3.63, 3.8) is 0 Å². The molecule has 0 radical (unpaired) electrons. The number of rotatable bonds is 9. The fourth-order valence-corrected chi connectivity index (χ4v) is 2.64. The molecule has 0 aromatic carbocycles. The summed E-state index contributed by atoms with van der Waals surface area (Å²) < 4.78 is 24.7. The molecule has 1 fully saturated rings. The van der Waals surface area contributed by atoms with Crippen LogP contribution in [0.5, 0.6) is 0 Å². The van der Waals surface area contributed by atoms with Crippen molar-refractivity contribution >= 4 is 15.9 Å². The molecular weight excluding hydrogens is 266 g/mol. The van der Waals surface area contributed by atoms with Gasteiger partial charge in [-0.2, -0.15) is 0 Å². The molecule has 7 heteroatoms. The molecule has 6 nitrogen and oxygen atoms in total. The lowest BCUT2D eigenvalue weighted by Crippen LogP contribution is -2.36. The summed E-state index contributed by atoms with van der Waals surface area (Å²) in [7, 11) is 0.668. The molecule has 1 saturated carbocycles. The number of hydrogen-bond acceptors (Lipinski definition) is 4. The van der Waals surface area contributed by atoms with E-state index in [9.17, 15) is 13.2 Å². The first kappa shape index (κ1) is 16.4. The van der Waals surface area contributed by atoms with Crippen LogP contribution in [-0.4, -0.2) is 69.6 Å². The van der Waals surface area contributed by atoms with Gasteiger partial charge in [-0.05, 0) is 39.9 Å². The summed E-state index contributed by atoms with van der Waals surface area (Å²) in [4.78, 5) is 13.6. The fraction of sp³-hybridized carbons (Fsp3) is 0.917. The first-order valence-corrected chi connectivity index (χ1v) is 8.53. The Balaban J connectivity index is 2.34. The molecule has 0 unspecified atom stereocenters. The molecule has 0 aromatic heterocycles. The monoisotopic (exact) mass is 291 g/mol. The Kier molecular flexibility index (Phi) is 6.22. The maximum absolute atomic E-state index is 11.6. The molecule has 0 bridgehead atoms. The molecule has 19 heavy (non-hydrogen) atoms. The lowest BCUT2D eigenvalue weighted by atomic mass is 10.3. The third-order valence-corrected chi connectivity index (χ3v) is 4.32. The second-order valence-electron chi connectivity index (χ2n) is 5.41. The molecule has 1 aliphatic rings. The summed E-state index contributed by atoms with van der Waals surface area (Å²) in [5, 5.41) is 2.87. The molecule has 0 heterocycles. The Morgan fingerprint density at radius 3 is 2.32 bits per heavy atom. The largest absolute Gasteiger partial charge is 0.353 e. The van der Waals surface area contributed by atoms with Gasteiger partial charge in [0.2, 0.25) is 15.9 Å². The van der Waals surface area contributed by atoms with Crippen molar-refractivity contribution in [3.05, 3.63) is 0 Å². The number of nitrogens with one attached hydrogen (secondary N) is 1. The molecule has 1 aliphatic carbocycles. The second-order valence-corrected chi connectivity index (χ2v) is 7.39. The molecule has 0 aromatic rings. The summed E-state index contributed by atoms with van der Waals surface area (Å²) in [6.07, 6.45) is 4.30. The fourth-order valence-electron chi connectivity index (χ4n) is 1.76. The number of nitrogens with zero attached hydrogens (tertiary/aromatic N) is 2. The van der Waals surface area contributed by atoms with E-state index in [1.54, 1.807) is 0 Å². The van der Waals surface area contributed by atoms with Gasteiger partial charge in [-0.3, -0.25) is 4.79 Å². The van der Waals surface area contributed by atoms with Crippen LogP contribution in [0.4, 0.5) is 0 Å². The van der Waals surface area contributed by atoms with E-state index in [4.69, 9.17) is 0 Å². The zero-order chi connectivity index (χ0) is 14.5. The Morgan fingerprint density at radius 2 is 1.84 bits per heavy atom. The van der Waals surface area contributed by atoms with Gasteiger partial charge >= 0.3 is 0 Å². The standard InChI is InChI=1S/C12H25N3O3S/c1-14(2)8-4-9-15(19(3,17)18)10-7-12(16)13-11-5-6-11/h11H,4-10H2,1-3H3,(H,13,16). The van der Waals surface area contributed by atoms with Crippen LogP contribution in [0.3, 0.4) is 0 Å². The average molecular weight is 291 g/mol. The summed E-state index contributed by atoms with van der Waals surface area (Å²) in [6, 6.07) is 0.327. The third-order valence-electron chi connectivity index (χ3n) is 3.01. The quantitative estimate of drug-likeness (QED) is 0.642. The van der Waals surface area contributed by atoms with Gasteiger partial charge in [0, 0.05) is 25.6 Å². The summed E-state index contributed by atoms with van der Waals surface area (Å²) in [5.41, 5.74) is 0. The molecule has 1 amide bonds. The summed E-state index contributed by atoms with van der Waals surface area (Å²) in [6.45, 7) is 1.57. The van der Waals surface area contributed by atoms with E-state index in [1.807, 2.05) is 19.0 Å². The predicted molar refractivity (Wildman–Crippen MR) is 75.4 cm³/mol. The van der Waals surface area contributed by atoms with Crippen LogP contribution < -0.4 is 5.32 Å². The molecule has 0 aliphatic heterocycles. The number of amides is 1. The number of sulfonamides is 1. The van der Waals surface area contributed by atoms with Gasteiger partial charge in [-0.15, -0.1) is 0 Å². The van der Waals surface area contributed by atoms with Gasteiger partial charge in [-0.1, -0.05) is 0 Å². The van der Waals surface area contributed by atoms with Crippen LogP contribution in [0.25, 0.3) is 0 Å². The minimum absolute atomic E-state index is 0.0521. The molecule has 1 N–H and O–H groups in total. The zero-order valence-corrected chi connectivity index (χ0v) is 12.9. The van der Waals surface area contributed by atoms with Crippen molar-refractivity contribution in [1.29, 1.82) is 0 Å². The highest BCUT2D eigenvalue weighted by Crippen LogP contribution is 2.18. The Hall–Kier alpha value is -0.660. The summed E-state index contributed by atoms with van der Waals surface area (Å²) >= 11 is 0. The Bertz CT molecular complexity index is 391. The highest BCUT2D eigenvalue weighted by molar-refractivity contribution is 7.88. The number of carbonyl (C=O) groups is 1. The van der Waals surface area contributed by atoms with Crippen molar-refractivity contribution in [3.8, 4) is 0 Å². The van der Waals surface area contributed by atoms with Gasteiger partial charge in [0.25, 0.3) is 0 Å². The molecule has 0 spiro atoms. The van der Waals surface area contributed by atoms with E-state index in [2.05, 4.69) is 5.32 Å². The maximum atomic E-state index is 11.6. The SMILES string of the molecule is CN(C)CCCN(CCC(=O)NC1CC1)S(C)(=O)=O. The molecule has 1 rings (SSSR count). The average Bonchev–Trinajstić information content (AvgIpc) is 3.04. The lowest BCUT2D eigenvalue weighted by Gasteiger charge is -2.20. The first-order valence-electron chi connectivity index (χ1n) is 6.68. The van der Waals surface area contributed by atoms with E-state index >= 15 is 0 Å². The topological polar surface area (TPSA) is 69.7 Å². The second kappa shape index (κ2) is 7.21. The molecule has 0 atom stereocenters. The van der Waals surface area contributed by atoms with Crippen LogP contribution in [0.15, 0.2) is 0 Å². The van der Waals surface area contributed by atoms with Crippen LogP contribution in [0.1, 0.15) is 25.7 Å². The van der Waals surface area contributed by atoms with Crippen molar-refractivity contribution in [2.45, 2.75) is 31.7 Å². The zero-order valence-electron chi connectivity index (χ0n) is 12.1. The van der Waals surface area contributed by atoms with E-state index in [-0.39, 0.29) is 18.9 Å². The molecule has 0 saturated heterocycles. The van der Waals surface area contributed by atoms with E-state index in [1.165, 1.54) is 10.6 Å². The van der Waals surface area contributed by atoms with Crippen molar-refractivity contribution in [2.75, 3.05) is 40.0 Å². The van der Waals surface area contributed by atoms with Crippen molar-refractivity contribution in [2.24, 2.45) is 0 Å². The van der Waals surface area contributed by atoms with Gasteiger partial charge in [0.1, 0.15) is 0 Å². The minimum atomic E-state index is -3.24. The van der Waals surface area contributed by atoms with Crippen LogP contribution in [0.2, 0.25) is 0 Å². The van der Waals surface area contributed by atoms with Crippen molar-refractivity contribution < 1.29 is 13.2 Å². The van der Waals surface area contributed by atoms with Gasteiger partial charge in [-0.25, -0.2) is 12.7 Å². The Morgan fingerprint density at radius 1 is 1.21 bits per heavy atom. The highest BCUT2D eigenvalue weighted by Gasteiger charge is 2.24. The minimum Gasteiger partial charge on any atom is -0.353 e. The molecule has 112 valence electrons. The smallest absolute Gasteiger partial charge is 0.221 e. The first-order chi connectivity index (χ1) is 8.79. The van der Waals surface area contributed by atoms with E-state index in [0.29, 0.717) is 12.6 Å². The van der Waals surface area contributed by atoms with Crippen LogP contribution >= 0.6 is 0 Å². The normalized spacial score (nSPS) is 16.1. The van der Waals surface area contributed by atoms with Crippen LogP contribution in [-0.2, 0) is 14.8 Å².